The Morgan fingerprint density at radius 3 is 2.86 bits per heavy atom. The minimum absolute atomic E-state index is 0.381. The van der Waals surface area contributed by atoms with Gasteiger partial charge in [0, 0.05) is 12.3 Å². The maximum Gasteiger partial charge on any atom is 0.191 e. The Bertz CT molecular complexity index is 662. The maximum absolute atomic E-state index is 8.98. The number of hydrogen-bond donors (Lipinski definition) is 1. The minimum atomic E-state index is 0.381. The number of nitrogens with zero attached hydrogens (tertiary/aromatic N) is 4. The number of benzene rings is 1. The lowest BCUT2D eigenvalue weighted by atomic mass is 10.1. The Morgan fingerprint density at radius 2 is 2.24 bits per heavy atom. The summed E-state index contributed by atoms with van der Waals surface area (Å²) in [4.78, 5) is 0. The zero-order valence-corrected chi connectivity index (χ0v) is 12.9. The number of aromatic nitrogens is 3. The minimum Gasteiger partial charge on any atom is -0.495 e. The molecule has 21 heavy (non-hydrogen) atoms. The van der Waals surface area contributed by atoms with Crippen molar-refractivity contribution in [3.05, 3.63) is 35.2 Å². The molecule has 7 heteroatoms. The Labute approximate surface area is 127 Å². The second-order valence-electron chi connectivity index (χ2n) is 4.28. The van der Waals surface area contributed by atoms with Gasteiger partial charge in [0.25, 0.3) is 0 Å². The van der Waals surface area contributed by atoms with Crippen LogP contribution in [0.3, 0.4) is 0 Å². The molecule has 2 rings (SSSR count). The molecule has 0 unspecified atom stereocenters. The number of nitriles is 1. The lowest BCUT2D eigenvalue weighted by Crippen LogP contribution is -2.08. The third kappa shape index (κ3) is 3.35. The van der Waals surface area contributed by atoms with Gasteiger partial charge in [0.2, 0.25) is 0 Å². The molecule has 0 bridgehead atoms. The molecule has 1 aromatic carbocycles. The van der Waals surface area contributed by atoms with Crippen molar-refractivity contribution < 1.29 is 4.74 Å². The standard InChI is InChI=1S/C14H17N5OS/c1-3-19-13(8-16)17-18-14(19)21-9-10-4-5-11(7-15)12(6-10)20-2/h4-6H,3,8-9,16H2,1-2H3. The number of thioether (sulfide) groups is 1. The molecule has 0 fully saturated rings. The molecule has 0 aliphatic carbocycles. The first-order chi connectivity index (χ1) is 10.2. The van der Waals surface area contributed by atoms with Gasteiger partial charge in [-0.2, -0.15) is 5.26 Å². The molecule has 2 N–H and O–H groups in total. The number of rotatable bonds is 6. The highest BCUT2D eigenvalue weighted by Gasteiger charge is 2.11. The van der Waals surface area contributed by atoms with Crippen LogP contribution in [-0.2, 0) is 18.8 Å². The summed E-state index contributed by atoms with van der Waals surface area (Å²) in [5.41, 5.74) is 7.24. The first kappa shape index (κ1) is 15.4. The number of methoxy groups -OCH3 is 1. The van der Waals surface area contributed by atoms with Crippen LogP contribution in [0.25, 0.3) is 0 Å². The highest BCUT2D eigenvalue weighted by Crippen LogP contribution is 2.25. The van der Waals surface area contributed by atoms with Gasteiger partial charge in [-0.3, -0.25) is 0 Å². The smallest absolute Gasteiger partial charge is 0.191 e. The van der Waals surface area contributed by atoms with Crippen LogP contribution in [-0.4, -0.2) is 21.9 Å². The fourth-order valence-corrected chi connectivity index (χ4v) is 2.92. The van der Waals surface area contributed by atoms with E-state index in [1.807, 2.05) is 23.6 Å². The molecular formula is C14H17N5OS. The molecule has 0 radical (unpaired) electrons. The topological polar surface area (TPSA) is 89.8 Å². The molecular weight excluding hydrogens is 286 g/mol. The molecule has 6 nitrogen and oxygen atoms in total. The zero-order chi connectivity index (χ0) is 15.2. The van der Waals surface area contributed by atoms with Crippen molar-refractivity contribution in [3.63, 3.8) is 0 Å². The lowest BCUT2D eigenvalue weighted by molar-refractivity contribution is 0.413. The third-order valence-corrected chi connectivity index (χ3v) is 4.08. The largest absolute Gasteiger partial charge is 0.495 e. The molecule has 1 aromatic heterocycles. The summed E-state index contributed by atoms with van der Waals surface area (Å²) in [6, 6.07) is 7.67. The van der Waals surface area contributed by atoms with Crippen LogP contribution in [0.2, 0.25) is 0 Å². The molecule has 1 heterocycles. The van der Waals surface area contributed by atoms with Gasteiger partial charge >= 0.3 is 0 Å². The van der Waals surface area contributed by atoms with Gasteiger partial charge in [-0.1, -0.05) is 17.8 Å². The first-order valence-electron chi connectivity index (χ1n) is 6.55. The Kier molecular flexibility index (Phi) is 5.20. The van der Waals surface area contributed by atoms with Gasteiger partial charge < -0.3 is 15.0 Å². The van der Waals surface area contributed by atoms with E-state index in [0.29, 0.717) is 17.9 Å². The van der Waals surface area contributed by atoms with Gasteiger partial charge in [0.1, 0.15) is 17.6 Å². The zero-order valence-electron chi connectivity index (χ0n) is 12.0. The van der Waals surface area contributed by atoms with E-state index in [-0.39, 0.29) is 0 Å². The van der Waals surface area contributed by atoms with Crippen LogP contribution in [0.15, 0.2) is 23.4 Å². The summed E-state index contributed by atoms with van der Waals surface area (Å²) in [6.45, 7) is 3.21. The summed E-state index contributed by atoms with van der Waals surface area (Å²) < 4.78 is 7.22. The second kappa shape index (κ2) is 7.11. The highest BCUT2D eigenvalue weighted by molar-refractivity contribution is 7.98. The molecule has 0 aliphatic heterocycles. The van der Waals surface area contributed by atoms with Crippen molar-refractivity contribution in [3.8, 4) is 11.8 Å². The van der Waals surface area contributed by atoms with Crippen LogP contribution in [0.5, 0.6) is 5.75 Å². The SMILES string of the molecule is CCn1c(CN)nnc1SCc1ccc(C#N)c(OC)c1. The average Bonchev–Trinajstić information content (AvgIpc) is 2.94. The summed E-state index contributed by atoms with van der Waals surface area (Å²) in [5, 5.41) is 18.1. The normalized spacial score (nSPS) is 10.4. The Balaban J connectivity index is 2.13. The van der Waals surface area contributed by atoms with Gasteiger partial charge in [-0.15, -0.1) is 10.2 Å². The summed E-state index contributed by atoms with van der Waals surface area (Å²) in [5.74, 6) is 2.11. The molecule has 2 aromatic rings. The van der Waals surface area contributed by atoms with Crippen LogP contribution in [0.1, 0.15) is 23.9 Å². The van der Waals surface area contributed by atoms with Gasteiger partial charge in [0.05, 0.1) is 19.2 Å². The average molecular weight is 303 g/mol. The van der Waals surface area contributed by atoms with Crippen LogP contribution in [0, 0.1) is 11.3 Å². The van der Waals surface area contributed by atoms with E-state index in [4.69, 9.17) is 15.7 Å². The van der Waals surface area contributed by atoms with E-state index in [1.165, 1.54) is 0 Å². The van der Waals surface area contributed by atoms with E-state index in [2.05, 4.69) is 16.3 Å². The van der Waals surface area contributed by atoms with Crippen LogP contribution in [0.4, 0.5) is 0 Å². The number of ether oxygens (including phenoxy) is 1. The predicted octanol–water partition coefficient (Wildman–Crippen LogP) is 1.93. The van der Waals surface area contributed by atoms with Gasteiger partial charge in [-0.25, -0.2) is 0 Å². The van der Waals surface area contributed by atoms with E-state index in [9.17, 15) is 0 Å². The molecule has 0 amide bonds. The second-order valence-corrected chi connectivity index (χ2v) is 5.22. The number of hydrogen-bond acceptors (Lipinski definition) is 6. The van der Waals surface area contributed by atoms with Crippen molar-refractivity contribution in [1.82, 2.24) is 14.8 Å². The van der Waals surface area contributed by atoms with Crippen LogP contribution < -0.4 is 10.5 Å². The summed E-state index contributed by atoms with van der Waals surface area (Å²) in [7, 11) is 1.56. The predicted molar refractivity (Wildman–Crippen MR) is 80.9 cm³/mol. The third-order valence-electron chi connectivity index (χ3n) is 3.05. The molecule has 0 atom stereocenters. The molecule has 0 aliphatic rings. The summed E-state index contributed by atoms with van der Waals surface area (Å²) >= 11 is 1.59. The monoisotopic (exact) mass is 303 g/mol. The highest BCUT2D eigenvalue weighted by atomic mass is 32.2. The molecule has 0 saturated carbocycles. The Hall–Kier alpha value is -2.04. The van der Waals surface area contributed by atoms with Gasteiger partial charge in [0.15, 0.2) is 5.16 Å². The van der Waals surface area contributed by atoms with Crippen molar-refractivity contribution in [2.45, 2.75) is 30.9 Å². The number of nitrogens with two attached hydrogens (primary N) is 1. The van der Waals surface area contributed by atoms with E-state index >= 15 is 0 Å². The van der Waals surface area contributed by atoms with Crippen LogP contribution >= 0.6 is 11.8 Å². The molecule has 0 spiro atoms. The molecule has 0 saturated heterocycles. The van der Waals surface area contributed by atoms with Gasteiger partial charge in [-0.05, 0) is 24.6 Å². The lowest BCUT2D eigenvalue weighted by Gasteiger charge is -2.07. The van der Waals surface area contributed by atoms with E-state index < -0.39 is 0 Å². The first-order valence-corrected chi connectivity index (χ1v) is 7.54. The van der Waals surface area contributed by atoms with E-state index in [0.717, 1.165) is 28.8 Å². The summed E-state index contributed by atoms with van der Waals surface area (Å²) in [6.07, 6.45) is 0. The van der Waals surface area contributed by atoms with Crippen molar-refractivity contribution >= 4 is 11.8 Å². The Morgan fingerprint density at radius 1 is 1.43 bits per heavy atom. The fourth-order valence-electron chi connectivity index (χ4n) is 1.96. The van der Waals surface area contributed by atoms with Crippen molar-refractivity contribution in [2.24, 2.45) is 5.73 Å². The van der Waals surface area contributed by atoms with Crippen molar-refractivity contribution in [2.75, 3.05) is 7.11 Å². The fraction of sp³-hybridized carbons (Fsp3) is 0.357. The molecule has 110 valence electrons. The quantitative estimate of drug-likeness (QED) is 0.820. The maximum atomic E-state index is 8.98. The van der Waals surface area contributed by atoms with Crippen molar-refractivity contribution in [1.29, 1.82) is 5.26 Å². The van der Waals surface area contributed by atoms with E-state index in [1.54, 1.807) is 24.9 Å².